The average Bonchev–Trinajstić information content (AvgIpc) is 3.10. The summed E-state index contributed by atoms with van der Waals surface area (Å²) in [6.07, 6.45) is -4.42. The molecular weight excluding hydrogens is 504 g/mol. The van der Waals surface area contributed by atoms with E-state index in [1.807, 2.05) is 0 Å². The lowest BCUT2D eigenvalue weighted by Crippen LogP contribution is -2.36. The molecule has 0 aliphatic heterocycles. The summed E-state index contributed by atoms with van der Waals surface area (Å²) in [5, 5.41) is 5.95. The van der Waals surface area contributed by atoms with Crippen LogP contribution in [0.2, 0.25) is 0 Å². The number of guanidine groups is 1. The van der Waals surface area contributed by atoms with Gasteiger partial charge < -0.3 is 25.5 Å². The van der Waals surface area contributed by atoms with Gasteiger partial charge in [-0.15, -0.1) is 24.0 Å². The van der Waals surface area contributed by atoms with Crippen LogP contribution in [0.1, 0.15) is 27.4 Å². The highest BCUT2D eigenvalue weighted by atomic mass is 127. The fourth-order valence-corrected chi connectivity index (χ4v) is 2.28. The first-order valence-corrected chi connectivity index (χ1v) is 8.30. The number of furan rings is 1. The molecule has 29 heavy (non-hydrogen) atoms. The van der Waals surface area contributed by atoms with Crippen LogP contribution in [-0.2, 0) is 13.1 Å². The van der Waals surface area contributed by atoms with E-state index in [1.54, 1.807) is 38.2 Å². The molecule has 0 saturated heterocycles. The van der Waals surface area contributed by atoms with E-state index in [2.05, 4.69) is 15.6 Å². The minimum atomic E-state index is -4.42. The van der Waals surface area contributed by atoms with E-state index in [0.717, 1.165) is 5.56 Å². The van der Waals surface area contributed by atoms with Gasteiger partial charge in [0, 0.05) is 19.2 Å². The van der Waals surface area contributed by atoms with Gasteiger partial charge in [-0.25, -0.2) is 0 Å². The zero-order valence-electron chi connectivity index (χ0n) is 15.8. The fourth-order valence-electron chi connectivity index (χ4n) is 2.28. The van der Waals surface area contributed by atoms with Gasteiger partial charge >= 0.3 is 6.18 Å². The quantitative estimate of drug-likeness (QED) is 0.293. The zero-order chi connectivity index (χ0) is 20.7. The molecule has 2 rings (SSSR count). The van der Waals surface area contributed by atoms with E-state index in [1.165, 1.54) is 6.07 Å². The molecule has 7 nitrogen and oxygen atoms in total. The van der Waals surface area contributed by atoms with E-state index in [0.29, 0.717) is 17.3 Å². The SMILES string of the molecule is CN=C(NCc1ccc(C(N)=O)o1)NCc1ccc(C)cc1OCC(F)(F)F.I. The van der Waals surface area contributed by atoms with Crippen molar-refractivity contribution in [3.63, 3.8) is 0 Å². The number of rotatable bonds is 7. The average molecular weight is 526 g/mol. The maximum Gasteiger partial charge on any atom is 0.422 e. The molecule has 0 aliphatic rings. The highest BCUT2D eigenvalue weighted by Gasteiger charge is 2.28. The van der Waals surface area contributed by atoms with Crippen molar-refractivity contribution in [2.45, 2.75) is 26.2 Å². The number of halogens is 4. The Hall–Kier alpha value is -2.44. The summed E-state index contributed by atoms with van der Waals surface area (Å²) in [6.45, 7) is 0.828. The first kappa shape index (κ1) is 24.6. The van der Waals surface area contributed by atoms with Crippen molar-refractivity contribution in [2.75, 3.05) is 13.7 Å². The van der Waals surface area contributed by atoms with Gasteiger partial charge in [-0.3, -0.25) is 9.79 Å². The number of hydrogen-bond acceptors (Lipinski definition) is 4. The van der Waals surface area contributed by atoms with Crippen molar-refractivity contribution in [2.24, 2.45) is 10.7 Å². The minimum absolute atomic E-state index is 0. The molecule has 0 atom stereocenters. The molecule has 4 N–H and O–H groups in total. The second-order valence-corrected chi connectivity index (χ2v) is 5.92. The van der Waals surface area contributed by atoms with Gasteiger partial charge in [0.25, 0.3) is 5.91 Å². The third kappa shape index (κ3) is 8.21. The number of amides is 1. The molecule has 2 aromatic rings. The molecule has 0 saturated carbocycles. The number of hydrogen-bond donors (Lipinski definition) is 3. The van der Waals surface area contributed by atoms with Gasteiger partial charge in [0.2, 0.25) is 0 Å². The van der Waals surface area contributed by atoms with Crippen molar-refractivity contribution in [3.8, 4) is 5.75 Å². The van der Waals surface area contributed by atoms with Crippen molar-refractivity contribution >= 4 is 35.8 Å². The molecule has 0 fully saturated rings. The summed E-state index contributed by atoms with van der Waals surface area (Å²) >= 11 is 0. The minimum Gasteiger partial charge on any atom is -0.484 e. The Morgan fingerprint density at radius 1 is 1.21 bits per heavy atom. The number of alkyl halides is 3. The molecule has 1 heterocycles. The third-order valence-electron chi connectivity index (χ3n) is 3.62. The lowest BCUT2D eigenvalue weighted by atomic mass is 10.1. The van der Waals surface area contributed by atoms with Crippen LogP contribution in [0.3, 0.4) is 0 Å². The Bertz CT molecular complexity index is 853. The van der Waals surface area contributed by atoms with Gasteiger partial charge in [0.05, 0.1) is 6.54 Å². The fraction of sp³-hybridized carbons (Fsp3) is 0.333. The molecule has 1 amide bonds. The predicted octanol–water partition coefficient (Wildman–Crippen LogP) is 3.11. The van der Waals surface area contributed by atoms with Crippen molar-refractivity contribution in [1.29, 1.82) is 0 Å². The molecule has 0 spiro atoms. The van der Waals surface area contributed by atoms with Gasteiger partial charge in [0.15, 0.2) is 18.3 Å². The maximum atomic E-state index is 12.4. The van der Waals surface area contributed by atoms with Crippen molar-refractivity contribution in [3.05, 3.63) is 53.0 Å². The number of benzene rings is 1. The Kier molecular flexibility index (Phi) is 9.27. The standard InChI is InChI=1S/C18H21F3N4O3.HI/c1-11-3-4-12(15(7-11)27-10-18(19,20)21)8-24-17(23-2)25-9-13-5-6-14(28-13)16(22)26;/h3-7H,8-10H2,1-2H3,(H2,22,26)(H2,23,24,25);1H. The smallest absolute Gasteiger partial charge is 0.422 e. The molecule has 11 heteroatoms. The summed E-state index contributed by atoms with van der Waals surface area (Å²) in [5.41, 5.74) is 6.46. The number of carbonyl (C=O) groups excluding carboxylic acids is 1. The summed E-state index contributed by atoms with van der Waals surface area (Å²) in [4.78, 5) is 15.1. The Labute approximate surface area is 182 Å². The van der Waals surface area contributed by atoms with E-state index in [4.69, 9.17) is 14.9 Å². The van der Waals surface area contributed by atoms with E-state index < -0.39 is 18.7 Å². The molecule has 1 aromatic carbocycles. The number of carbonyl (C=O) groups is 1. The van der Waals surface area contributed by atoms with Crippen LogP contribution < -0.4 is 21.1 Å². The topological polar surface area (TPSA) is 102 Å². The number of ether oxygens (including phenoxy) is 1. The lowest BCUT2D eigenvalue weighted by Gasteiger charge is -2.16. The molecular formula is C18H22F3IN4O3. The second-order valence-electron chi connectivity index (χ2n) is 5.92. The van der Waals surface area contributed by atoms with Crippen LogP contribution in [0.4, 0.5) is 13.2 Å². The summed E-state index contributed by atoms with van der Waals surface area (Å²) in [6, 6.07) is 8.08. The normalized spacial score (nSPS) is 11.6. The third-order valence-corrected chi connectivity index (χ3v) is 3.62. The van der Waals surface area contributed by atoms with Gasteiger partial charge in [-0.2, -0.15) is 13.2 Å². The molecule has 1 aromatic heterocycles. The van der Waals surface area contributed by atoms with Crippen LogP contribution in [0.15, 0.2) is 39.7 Å². The second kappa shape index (κ2) is 10.9. The lowest BCUT2D eigenvalue weighted by molar-refractivity contribution is -0.153. The molecule has 0 bridgehead atoms. The Morgan fingerprint density at radius 3 is 2.48 bits per heavy atom. The number of nitrogens with two attached hydrogens (primary N) is 1. The van der Waals surface area contributed by atoms with Crippen LogP contribution in [0, 0.1) is 6.92 Å². The van der Waals surface area contributed by atoms with Crippen molar-refractivity contribution in [1.82, 2.24) is 10.6 Å². The highest BCUT2D eigenvalue weighted by molar-refractivity contribution is 14.0. The van der Waals surface area contributed by atoms with Crippen LogP contribution >= 0.6 is 24.0 Å². The largest absolute Gasteiger partial charge is 0.484 e. The van der Waals surface area contributed by atoms with Gasteiger partial charge in [0.1, 0.15) is 11.5 Å². The maximum absolute atomic E-state index is 12.4. The first-order chi connectivity index (χ1) is 13.2. The molecule has 0 unspecified atom stereocenters. The van der Waals surface area contributed by atoms with Crippen LogP contribution in [0.25, 0.3) is 0 Å². The molecule has 0 aliphatic carbocycles. The Morgan fingerprint density at radius 2 is 1.90 bits per heavy atom. The number of primary amides is 1. The van der Waals surface area contributed by atoms with E-state index in [9.17, 15) is 18.0 Å². The monoisotopic (exact) mass is 526 g/mol. The number of aliphatic imine (C=N–C) groups is 1. The van der Waals surface area contributed by atoms with Gasteiger partial charge in [-0.05, 0) is 30.7 Å². The number of aryl methyl sites for hydroxylation is 1. The van der Waals surface area contributed by atoms with E-state index >= 15 is 0 Å². The first-order valence-electron chi connectivity index (χ1n) is 8.30. The summed E-state index contributed by atoms with van der Waals surface area (Å²) in [7, 11) is 1.54. The zero-order valence-corrected chi connectivity index (χ0v) is 18.1. The molecule has 160 valence electrons. The summed E-state index contributed by atoms with van der Waals surface area (Å²) < 4.78 is 47.5. The van der Waals surface area contributed by atoms with Crippen LogP contribution in [-0.4, -0.2) is 31.7 Å². The predicted molar refractivity (Wildman–Crippen MR) is 112 cm³/mol. The van der Waals surface area contributed by atoms with Gasteiger partial charge in [-0.1, -0.05) is 12.1 Å². The molecule has 0 radical (unpaired) electrons. The van der Waals surface area contributed by atoms with E-state index in [-0.39, 0.29) is 48.6 Å². The summed E-state index contributed by atoms with van der Waals surface area (Å²) in [5.74, 6) is 0.392. The van der Waals surface area contributed by atoms with Crippen molar-refractivity contribution < 1.29 is 27.1 Å². The number of nitrogens with one attached hydrogen (secondary N) is 2. The van der Waals surface area contributed by atoms with Crippen LogP contribution in [0.5, 0.6) is 5.75 Å². The highest BCUT2D eigenvalue weighted by Crippen LogP contribution is 2.23. The Balaban J connectivity index is 0.00000420. The number of nitrogens with zero attached hydrogens (tertiary/aromatic N) is 1.